The number of benzene rings is 1. The monoisotopic (exact) mass is 338 g/mol. The van der Waals surface area contributed by atoms with Crippen molar-refractivity contribution >= 4 is 17.4 Å². The van der Waals surface area contributed by atoms with Crippen LogP contribution in [0.2, 0.25) is 0 Å². The zero-order valence-electron chi connectivity index (χ0n) is 14.8. The minimum atomic E-state index is 0.224. The number of carbonyl (C=O) groups is 1. The Balaban J connectivity index is 1.44. The summed E-state index contributed by atoms with van der Waals surface area (Å²) in [4.78, 5) is 21.0. The first-order valence-corrected chi connectivity index (χ1v) is 9.03. The van der Waals surface area contributed by atoms with Crippen LogP contribution in [0.3, 0.4) is 0 Å². The summed E-state index contributed by atoms with van der Waals surface area (Å²) in [5, 5.41) is 3.40. The third kappa shape index (κ3) is 4.50. The number of amides is 1. The van der Waals surface area contributed by atoms with E-state index in [-0.39, 0.29) is 5.91 Å². The molecule has 1 aliphatic heterocycles. The third-order valence-electron chi connectivity index (χ3n) is 4.66. The maximum atomic E-state index is 12.4. The molecule has 1 saturated heterocycles. The molecule has 0 atom stereocenters. The van der Waals surface area contributed by atoms with Crippen molar-refractivity contribution in [2.75, 3.05) is 42.9 Å². The molecule has 1 aliphatic rings. The lowest BCUT2D eigenvalue weighted by Crippen LogP contribution is -2.49. The van der Waals surface area contributed by atoms with Crippen LogP contribution < -0.4 is 10.2 Å². The normalized spacial score (nSPS) is 14.4. The number of nitrogens with one attached hydrogen (secondary N) is 1. The molecule has 25 heavy (non-hydrogen) atoms. The number of hydrogen-bond donors (Lipinski definition) is 1. The van der Waals surface area contributed by atoms with Crippen LogP contribution in [0.25, 0.3) is 0 Å². The van der Waals surface area contributed by atoms with Gasteiger partial charge in [-0.2, -0.15) is 0 Å². The number of anilines is 2. The predicted molar refractivity (Wildman–Crippen MR) is 102 cm³/mol. The van der Waals surface area contributed by atoms with E-state index in [1.807, 2.05) is 35.4 Å². The summed E-state index contributed by atoms with van der Waals surface area (Å²) in [6, 6.07) is 14.2. The number of nitrogens with zero attached hydrogens (tertiary/aromatic N) is 3. The highest BCUT2D eigenvalue weighted by Crippen LogP contribution is 2.16. The fourth-order valence-corrected chi connectivity index (χ4v) is 3.19. The van der Waals surface area contributed by atoms with E-state index in [4.69, 9.17) is 0 Å². The lowest BCUT2D eigenvalue weighted by molar-refractivity contribution is -0.131. The molecule has 1 aromatic heterocycles. The predicted octanol–water partition coefficient (Wildman–Crippen LogP) is 2.79. The maximum absolute atomic E-state index is 12.4. The molecule has 2 aromatic rings. The summed E-state index contributed by atoms with van der Waals surface area (Å²) in [5.41, 5.74) is 2.43. The molecule has 0 radical (unpaired) electrons. The zero-order chi connectivity index (χ0) is 17.5. The fourth-order valence-electron chi connectivity index (χ4n) is 3.19. The Hall–Kier alpha value is -2.56. The Morgan fingerprint density at radius 2 is 1.84 bits per heavy atom. The zero-order valence-corrected chi connectivity index (χ0v) is 14.8. The number of aryl methyl sites for hydroxylation is 1. The Labute approximate surface area is 149 Å². The molecule has 0 aliphatic carbocycles. The smallest absolute Gasteiger partial charge is 0.224 e. The van der Waals surface area contributed by atoms with E-state index in [1.54, 1.807) is 0 Å². The molecule has 1 N–H and O–H groups in total. The number of rotatable bonds is 6. The molecular weight excluding hydrogens is 312 g/mol. The molecule has 1 amide bonds. The minimum Gasteiger partial charge on any atom is -0.384 e. The lowest BCUT2D eigenvalue weighted by atomic mass is 10.1. The van der Waals surface area contributed by atoms with Crippen molar-refractivity contribution in [2.24, 2.45) is 0 Å². The number of piperazine rings is 1. The Morgan fingerprint density at radius 3 is 2.56 bits per heavy atom. The van der Waals surface area contributed by atoms with Gasteiger partial charge in [-0.25, -0.2) is 4.98 Å². The second-order valence-corrected chi connectivity index (χ2v) is 6.24. The number of pyridine rings is 1. The van der Waals surface area contributed by atoms with Gasteiger partial charge in [0.2, 0.25) is 5.91 Å². The molecule has 5 heteroatoms. The van der Waals surface area contributed by atoms with Crippen molar-refractivity contribution in [3.63, 3.8) is 0 Å². The number of carbonyl (C=O) groups excluding carboxylic acids is 1. The largest absolute Gasteiger partial charge is 0.384 e. The van der Waals surface area contributed by atoms with E-state index < -0.39 is 0 Å². The molecule has 0 bridgehead atoms. The van der Waals surface area contributed by atoms with Gasteiger partial charge in [-0.3, -0.25) is 4.79 Å². The third-order valence-corrected chi connectivity index (χ3v) is 4.66. The average molecular weight is 338 g/mol. The highest BCUT2D eigenvalue weighted by molar-refractivity contribution is 5.77. The quantitative estimate of drug-likeness (QED) is 0.880. The van der Waals surface area contributed by atoms with Gasteiger partial charge in [0.05, 0.1) is 0 Å². The van der Waals surface area contributed by atoms with Crippen LogP contribution in [0.4, 0.5) is 11.5 Å². The van der Waals surface area contributed by atoms with Crippen molar-refractivity contribution in [3.05, 3.63) is 54.2 Å². The molecule has 0 saturated carbocycles. The summed E-state index contributed by atoms with van der Waals surface area (Å²) in [6.07, 6.45) is 3.33. The van der Waals surface area contributed by atoms with Crippen molar-refractivity contribution < 1.29 is 4.79 Å². The van der Waals surface area contributed by atoms with Crippen LogP contribution >= 0.6 is 0 Å². The molecule has 2 heterocycles. The number of hydrogen-bond acceptors (Lipinski definition) is 4. The summed E-state index contributed by atoms with van der Waals surface area (Å²) >= 11 is 0. The molecular formula is C20H26N4O. The Kier molecular flexibility index (Phi) is 5.88. The SMILES string of the molecule is CCc1ccccc1NCCC(=O)N1CCN(c2ccccn2)CC1. The molecule has 3 rings (SSSR count). The number of para-hydroxylation sites is 1. The van der Waals surface area contributed by atoms with Gasteiger partial charge in [0.1, 0.15) is 5.82 Å². The van der Waals surface area contributed by atoms with Crippen LogP contribution in [-0.2, 0) is 11.2 Å². The Bertz CT molecular complexity index is 681. The van der Waals surface area contributed by atoms with E-state index in [2.05, 4.69) is 40.3 Å². The van der Waals surface area contributed by atoms with E-state index in [0.29, 0.717) is 13.0 Å². The topological polar surface area (TPSA) is 48.5 Å². The average Bonchev–Trinajstić information content (AvgIpc) is 2.69. The minimum absolute atomic E-state index is 0.224. The van der Waals surface area contributed by atoms with E-state index in [9.17, 15) is 4.79 Å². The molecule has 132 valence electrons. The van der Waals surface area contributed by atoms with Crippen LogP contribution in [0, 0.1) is 0 Å². The molecule has 1 aromatic carbocycles. The first-order chi connectivity index (χ1) is 12.3. The van der Waals surface area contributed by atoms with E-state index in [0.717, 1.165) is 44.1 Å². The highest BCUT2D eigenvalue weighted by atomic mass is 16.2. The number of aromatic nitrogens is 1. The first kappa shape index (κ1) is 17.3. The second-order valence-electron chi connectivity index (χ2n) is 6.24. The summed E-state index contributed by atoms with van der Waals surface area (Å²) in [7, 11) is 0. The van der Waals surface area contributed by atoms with Crippen LogP contribution in [0.15, 0.2) is 48.7 Å². The lowest BCUT2D eigenvalue weighted by Gasteiger charge is -2.35. The van der Waals surface area contributed by atoms with Gasteiger partial charge in [-0.15, -0.1) is 0 Å². The van der Waals surface area contributed by atoms with Gasteiger partial charge in [0, 0.05) is 51.0 Å². The highest BCUT2D eigenvalue weighted by Gasteiger charge is 2.21. The van der Waals surface area contributed by atoms with Crippen LogP contribution in [0.1, 0.15) is 18.9 Å². The standard InChI is InChI=1S/C20H26N4O/c1-2-17-7-3-4-8-18(17)21-12-10-20(25)24-15-13-23(14-16-24)19-9-5-6-11-22-19/h3-9,11,21H,2,10,12-16H2,1H3. The van der Waals surface area contributed by atoms with Gasteiger partial charge in [-0.1, -0.05) is 31.2 Å². The molecule has 5 nitrogen and oxygen atoms in total. The summed E-state index contributed by atoms with van der Waals surface area (Å²) < 4.78 is 0. The van der Waals surface area contributed by atoms with E-state index in [1.165, 1.54) is 5.56 Å². The van der Waals surface area contributed by atoms with Gasteiger partial charge < -0.3 is 15.1 Å². The van der Waals surface area contributed by atoms with Gasteiger partial charge >= 0.3 is 0 Å². The van der Waals surface area contributed by atoms with Crippen molar-refractivity contribution in [1.82, 2.24) is 9.88 Å². The van der Waals surface area contributed by atoms with Gasteiger partial charge in [0.15, 0.2) is 0 Å². The Morgan fingerprint density at radius 1 is 1.08 bits per heavy atom. The first-order valence-electron chi connectivity index (χ1n) is 9.03. The van der Waals surface area contributed by atoms with Crippen molar-refractivity contribution in [3.8, 4) is 0 Å². The van der Waals surface area contributed by atoms with Crippen LogP contribution in [0.5, 0.6) is 0 Å². The summed E-state index contributed by atoms with van der Waals surface area (Å²) in [5.74, 6) is 1.22. The molecule has 0 unspecified atom stereocenters. The van der Waals surface area contributed by atoms with Gasteiger partial charge in [-0.05, 0) is 30.2 Å². The summed E-state index contributed by atoms with van der Waals surface area (Å²) in [6.45, 7) is 6.04. The van der Waals surface area contributed by atoms with Crippen LogP contribution in [-0.4, -0.2) is 48.5 Å². The maximum Gasteiger partial charge on any atom is 0.224 e. The molecule has 1 fully saturated rings. The van der Waals surface area contributed by atoms with Crippen molar-refractivity contribution in [2.45, 2.75) is 19.8 Å². The van der Waals surface area contributed by atoms with E-state index >= 15 is 0 Å². The molecule has 0 spiro atoms. The fraction of sp³-hybridized carbons (Fsp3) is 0.400. The second kappa shape index (κ2) is 8.51. The van der Waals surface area contributed by atoms with Gasteiger partial charge in [0.25, 0.3) is 0 Å². The van der Waals surface area contributed by atoms with Crippen molar-refractivity contribution in [1.29, 1.82) is 0 Å².